The average molecular weight is 445 g/mol. The fourth-order valence-corrected chi connectivity index (χ4v) is 3.96. The zero-order valence-corrected chi connectivity index (χ0v) is 17.8. The van der Waals surface area contributed by atoms with Gasteiger partial charge in [-0.25, -0.2) is 4.39 Å². The van der Waals surface area contributed by atoms with E-state index < -0.39 is 0 Å². The first-order valence-electron chi connectivity index (χ1n) is 9.98. The molecule has 31 heavy (non-hydrogen) atoms. The molecule has 0 aromatic heterocycles. The lowest BCUT2D eigenvalue weighted by molar-refractivity contribution is -0.122. The van der Waals surface area contributed by atoms with E-state index in [1.54, 1.807) is 0 Å². The zero-order chi connectivity index (χ0) is 22.2. The van der Waals surface area contributed by atoms with E-state index in [4.69, 9.17) is 5.73 Å². The number of anilines is 3. The zero-order valence-electron chi connectivity index (χ0n) is 17.0. The van der Waals surface area contributed by atoms with Crippen LogP contribution in [0.15, 0.2) is 48.5 Å². The molecule has 0 aliphatic carbocycles. The maximum Gasteiger partial charge on any atom is 0.234 e. The molecule has 0 radical (unpaired) electrons. The number of amides is 3. The molecule has 1 heterocycles. The number of nitrogens with zero attached hydrogens (tertiary/aromatic N) is 1. The minimum atomic E-state index is -0.371. The molecule has 3 rings (SSSR count). The van der Waals surface area contributed by atoms with Crippen LogP contribution in [-0.2, 0) is 14.4 Å². The van der Waals surface area contributed by atoms with Gasteiger partial charge < -0.3 is 21.3 Å². The van der Waals surface area contributed by atoms with Crippen LogP contribution < -0.4 is 21.3 Å². The molecule has 4 N–H and O–H groups in total. The molecule has 0 atom stereocenters. The molecule has 1 aliphatic heterocycles. The van der Waals surface area contributed by atoms with Crippen molar-refractivity contribution in [1.82, 2.24) is 0 Å². The van der Waals surface area contributed by atoms with E-state index in [0.717, 1.165) is 31.6 Å². The number of hydrogen-bond acceptors (Lipinski definition) is 5. The Balaban J connectivity index is 1.38. The van der Waals surface area contributed by atoms with Gasteiger partial charge in [-0.15, -0.1) is 11.8 Å². The molecule has 0 saturated carbocycles. The minimum absolute atomic E-state index is 0.0508. The average Bonchev–Trinajstić information content (AvgIpc) is 2.76. The summed E-state index contributed by atoms with van der Waals surface area (Å²) in [4.78, 5) is 37.5. The molecule has 0 bridgehead atoms. The third-order valence-corrected chi connectivity index (χ3v) is 5.94. The van der Waals surface area contributed by atoms with Gasteiger partial charge in [0.05, 0.1) is 11.5 Å². The van der Waals surface area contributed by atoms with Gasteiger partial charge in [-0.1, -0.05) is 0 Å². The van der Waals surface area contributed by atoms with E-state index in [-0.39, 0.29) is 41.0 Å². The Bertz CT molecular complexity index is 913. The lowest BCUT2D eigenvalue weighted by Gasteiger charge is -2.32. The second-order valence-electron chi connectivity index (χ2n) is 7.31. The number of rotatable bonds is 8. The highest BCUT2D eigenvalue weighted by Crippen LogP contribution is 2.24. The number of carbonyl (C=O) groups excluding carboxylic acids is 3. The van der Waals surface area contributed by atoms with E-state index in [0.29, 0.717) is 11.4 Å². The Morgan fingerprint density at radius 1 is 0.903 bits per heavy atom. The number of hydrogen-bond donors (Lipinski definition) is 3. The molecule has 0 spiro atoms. The van der Waals surface area contributed by atoms with Crippen molar-refractivity contribution in [1.29, 1.82) is 0 Å². The van der Waals surface area contributed by atoms with Gasteiger partial charge in [-0.3, -0.25) is 14.4 Å². The van der Waals surface area contributed by atoms with Gasteiger partial charge in [0.15, 0.2) is 0 Å². The Hall–Kier alpha value is -3.07. The second-order valence-corrected chi connectivity index (χ2v) is 8.29. The number of nitrogens with one attached hydrogen (secondary N) is 2. The third kappa shape index (κ3) is 6.99. The highest BCUT2D eigenvalue weighted by molar-refractivity contribution is 8.00. The fraction of sp³-hybridized carbons (Fsp3) is 0.318. The van der Waals surface area contributed by atoms with Crippen molar-refractivity contribution in [3.8, 4) is 0 Å². The summed E-state index contributed by atoms with van der Waals surface area (Å²) in [5.74, 6) is -0.855. The van der Waals surface area contributed by atoms with Crippen molar-refractivity contribution >= 4 is 46.5 Å². The molecule has 1 saturated heterocycles. The molecular weight excluding hydrogens is 419 g/mol. The van der Waals surface area contributed by atoms with Crippen LogP contribution in [-0.4, -0.2) is 42.3 Å². The number of primary amides is 1. The first kappa shape index (κ1) is 22.6. The molecular formula is C22H25FN4O3S. The summed E-state index contributed by atoms with van der Waals surface area (Å²) >= 11 is 1.20. The van der Waals surface area contributed by atoms with Crippen molar-refractivity contribution in [3.05, 3.63) is 54.3 Å². The van der Waals surface area contributed by atoms with Gasteiger partial charge in [-0.2, -0.15) is 0 Å². The van der Waals surface area contributed by atoms with E-state index in [9.17, 15) is 18.8 Å². The first-order valence-corrected chi connectivity index (χ1v) is 11.1. The van der Waals surface area contributed by atoms with Gasteiger partial charge >= 0.3 is 0 Å². The highest BCUT2D eigenvalue weighted by Gasteiger charge is 2.23. The van der Waals surface area contributed by atoms with E-state index in [1.807, 2.05) is 24.3 Å². The summed E-state index contributed by atoms with van der Waals surface area (Å²) in [6.45, 7) is 1.55. The molecule has 7 nitrogen and oxygen atoms in total. The topological polar surface area (TPSA) is 105 Å². The largest absolute Gasteiger partial charge is 0.371 e. The molecule has 9 heteroatoms. The van der Waals surface area contributed by atoms with E-state index >= 15 is 0 Å². The Labute approximate surface area is 184 Å². The van der Waals surface area contributed by atoms with Crippen LogP contribution in [0.4, 0.5) is 21.5 Å². The van der Waals surface area contributed by atoms with Crippen LogP contribution in [0.2, 0.25) is 0 Å². The lowest BCUT2D eigenvalue weighted by Crippen LogP contribution is -2.38. The summed E-state index contributed by atoms with van der Waals surface area (Å²) in [6, 6.07) is 13.0. The number of thioether (sulfide) groups is 1. The number of benzene rings is 2. The molecule has 3 amide bonds. The van der Waals surface area contributed by atoms with Gasteiger partial charge in [0.1, 0.15) is 5.82 Å². The van der Waals surface area contributed by atoms with Crippen molar-refractivity contribution in [2.75, 3.05) is 40.1 Å². The SMILES string of the molecule is NC(=O)C1CCN(c2ccc(NC(=O)CSCC(=O)Nc3ccc(F)cc3)cc2)CC1. The molecule has 1 fully saturated rings. The Kier molecular flexibility index (Phi) is 7.88. The molecule has 2 aromatic rings. The molecule has 164 valence electrons. The van der Waals surface area contributed by atoms with Crippen molar-refractivity contribution in [2.45, 2.75) is 12.8 Å². The quantitative estimate of drug-likeness (QED) is 0.581. The van der Waals surface area contributed by atoms with Gasteiger partial charge in [0, 0.05) is 36.1 Å². The predicted octanol–water partition coefficient (Wildman–Crippen LogP) is 2.84. The summed E-state index contributed by atoms with van der Waals surface area (Å²) in [6.07, 6.45) is 1.50. The summed E-state index contributed by atoms with van der Waals surface area (Å²) in [5.41, 5.74) is 7.60. The number of piperidine rings is 1. The van der Waals surface area contributed by atoms with Crippen molar-refractivity contribution < 1.29 is 18.8 Å². The van der Waals surface area contributed by atoms with Crippen LogP contribution in [0.5, 0.6) is 0 Å². The summed E-state index contributed by atoms with van der Waals surface area (Å²) in [5, 5.41) is 5.46. The smallest absolute Gasteiger partial charge is 0.234 e. The van der Waals surface area contributed by atoms with Crippen LogP contribution in [0.1, 0.15) is 12.8 Å². The second kappa shape index (κ2) is 10.8. The van der Waals surface area contributed by atoms with Crippen LogP contribution in [0.3, 0.4) is 0 Å². The minimum Gasteiger partial charge on any atom is -0.371 e. The van der Waals surface area contributed by atoms with Gasteiger partial charge in [-0.05, 0) is 61.4 Å². The van der Waals surface area contributed by atoms with Crippen LogP contribution in [0, 0.1) is 11.7 Å². The van der Waals surface area contributed by atoms with E-state index in [1.165, 1.54) is 36.0 Å². The monoisotopic (exact) mass is 444 g/mol. The van der Waals surface area contributed by atoms with E-state index in [2.05, 4.69) is 15.5 Å². The normalized spacial score (nSPS) is 14.2. The first-order chi connectivity index (χ1) is 14.9. The highest BCUT2D eigenvalue weighted by atomic mass is 32.2. The number of carbonyl (C=O) groups is 3. The van der Waals surface area contributed by atoms with Gasteiger partial charge in [0.25, 0.3) is 0 Å². The summed E-state index contributed by atoms with van der Waals surface area (Å²) < 4.78 is 12.9. The van der Waals surface area contributed by atoms with Crippen molar-refractivity contribution in [3.63, 3.8) is 0 Å². The standard InChI is InChI=1S/C22H25FN4O3S/c23-16-1-3-17(4-2-16)25-20(28)13-31-14-21(29)26-18-5-7-19(8-6-18)27-11-9-15(10-12-27)22(24)30/h1-8,15H,9-14H2,(H2,24,30)(H,25,28)(H,26,29). The predicted molar refractivity (Wildman–Crippen MR) is 122 cm³/mol. The lowest BCUT2D eigenvalue weighted by atomic mass is 9.96. The number of nitrogens with two attached hydrogens (primary N) is 1. The third-order valence-electron chi connectivity index (χ3n) is 5.01. The maximum atomic E-state index is 12.9. The Morgan fingerprint density at radius 2 is 1.39 bits per heavy atom. The molecule has 0 unspecified atom stereocenters. The fourth-order valence-electron chi connectivity index (χ4n) is 3.34. The number of halogens is 1. The van der Waals surface area contributed by atoms with Crippen LogP contribution >= 0.6 is 11.8 Å². The van der Waals surface area contributed by atoms with Gasteiger partial charge in [0.2, 0.25) is 17.7 Å². The Morgan fingerprint density at radius 3 is 1.87 bits per heavy atom. The molecule has 2 aromatic carbocycles. The van der Waals surface area contributed by atoms with Crippen molar-refractivity contribution in [2.24, 2.45) is 11.7 Å². The maximum absolute atomic E-state index is 12.9. The van der Waals surface area contributed by atoms with Crippen LogP contribution in [0.25, 0.3) is 0 Å². The molecule has 1 aliphatic rings. The summed E-state index contributed by atoms with van der Waals surface area (Å²) in [7, 11) is 0.